The number of amides is 1. The summed E-state index contributed by atoms with van der Waals surface area (Å²) in [6, 6.07) is 9.06. The number of nitrogens with one attached hydrogen (secondary N) is 2. The lowest BCUT2D eigenvalue weighted by Crippen LogP contribution is -2.41. The van der Waals surface area contributed by atoms with Gasteiger partial charge in [-0.15, -0.1) is 20.1 Å². The maximum absolute atomic E-state index is 13.0. The SMILES string of the molecule is Cc1ccc(C(NC2=NS(=O)N=C2Nc2cccc(C(=O)N3CCCCC3)c2O)C(C)(C)C)s1. The number of piperidine rings is 1. The summed E-state index contributed by atoms with van der Waals surface area (Å²) in [6.45, 7) is 9.82. The van der Waals surface area contributed by atoms with Gasteiger partial charge in [0.1, 0.15) is 0 Å². The van der Waals surface area contributed by atoms with Gasteiger partial charge in [0.25, 0.3) is 17.1 Å². The molecule has 1 saturated heterocycles. The molecule has 8 nitrogen and oxygen atoms in total. The highest BCUT2D eigenvalue weighted by molar-refractivity contribution is 7.83. The summed E-state index contributed by atoms with van der Waals surface area (Å²) in [5.74, 6) is 0.278. The van der Waals surface area contributed by atoms with Crippen molar-refractivity contribution in [3.05, 3.63) is 45.6 Å². The Balaban J connectivity index is 1.56. The molecule has 0 saturated carbocycles. The van der Waals surface area contributed by atoms with Gasteiger partial charge in [0, 0.05) is 22.8 Å². The van der Waals surface area contributed by atoms with E-state index in [0.717, 1.165) is 24.1 Å². The molecular weight excluding hydrogens is 470 g/mol. The van der Waals surface area contributed by atoms with E-state index in [1.807, 2.05) is 0 Å². The number of nitrogens with zero attached hydrogens (tertiary/aromatic N) is 3. The van der Waals surface area contributed by atoms with Crippen molar-refractivity contribution in [3.8, 4) is 5.75 Å². The number of carbonyl (C=O) groups is 1. The molecule has 0 spiro atoms. The van der Waals surface area contributed by atoms with Gasteiger partial charge in [-0.05, 0) is 55.9 Å². The first kappa shape index (κ1) is 24.4. The maximum atomic E-state index is 13.0. The Hall–Kier alpha value is -2.72. The molecule has 1 aromatic carbocycles. The first-order chi connectivity index (χ1) is 16.1. The van der Waals surface area contributed by atoms with E-state index in [1.165, 1.54) is 4.88 Å². The van der Waals surface area contributed by atoms with Gasteiger partial charge in [0.2, 0.25) is 0 Å². The highest BCUT2D eigenvalue weighted by Crippen LogP contribution is 2.37. The van der Waals surface area contributed by atoms with Crippen molar-refractivity contribution in [1.82, 2.24) is 10.2 Å². The van der Waals surface area contributed by atoms with Gasteiger partial charge < -0.3 is 20.6 Å². The minimum atomic E-state index is -1.78. The van der Waals surface area contributed by atoms with E-state index >= 15 is 0 Å². The molecular formula is C24H31N5O3S2. The maximum Gasteiger partial charge on any atom is 0.269 e. The lowest BCUT2D eigenvalue weighted by Gasteiger charge is -2.31. The molecule has 4 rings (SSSR count). The van der Waals surface area contributed by atoms with E-state index in [-0.39, 0.29) is 34.5 Å². The third-order valence-corrected chi connectivity index (χ3v) is 7.66. The lowest BCUT2D eigenvalue weighted by molar-refractivity contribution is 0.0721. The largest absolute Gasteiger partial charge is 0.505 e. The smallest absolute Gasteiger partial charge is 0.269 e. The number of carbonyl (C=O) groups excluding carboxylic acids is 1. The third-order valence-electron chi connectivity index (χ3n) is 5.92. The fourth-order valence-electron chi connectivity index (χ4n) is 4.11. The molecule has 3 N–H and O–H groups in total. The van der Waals surface area contributed by atoms with Crippen LogP contribution in [0.15, 0.2) is 39.1 Å². The van der Waals surface area contributed by atoms with Crippen LogP contribution in [0.5, 0.6) is 5.75 Å². The number of phenolic OH excluding ortho intramolecular Hbond substituents is 1. The Bertz CT molecular complexity index is 1160. The summed E-state index contributed by atoms with van der Waals surface area (Å²) in [7, 11) is 0. The van der Waals surface area contributed by atoms with Crippen LogP contribution in [0.1, 0.15) is 66.2 Å². The van der Waals surface area contributed by atoms with Crippen LogP contribution < -0.4 is 10.6 Å². The molecule has 0 radical (unpaired) electrons. The number of benzene rings is 1. The third kappa shape index (κ3) is 5.33. The molecule has 0 bridgehead atoms. The fourth-order valence-corrected chi connectivity index (χ4v) is 5.91. The molecule has 1 aromatic heterocycles. The highest BCUT2D eigenvalue weighted by atomic mass is 32.2. The minimum absolute atomic E-state index is 0.0901. The van der Waals surface area contributed by atoms with Crippen molar-refractivity contribution in [2.24, 2.45) is 14.2 Å². The Labute approximate surface area is 206 Å². The second-order valence-electron chi connectivity index (χ2n) is 9.68. The molecule has 1 fully saturated rings. The average molecular weight is 502 g/mol. The quantitative estimate of drug-likeness (QED) is 0.532. The zero-order valence-electron chi connectivity index (χ0n) is 19.9. The van der Waals surface area contributed by atoms with Crippen LogP contribution >= 0.6 is 11.3 Å². The van der Waals surface area contributed by atoms with Crippen molar-refractivity contribution in [2.75, 3.05) is 18.4 Å². The Kier molecular flexibility index (Phi) is 7.09. The van der Waals surface area contributed by atoms with Crippen LogP contribution in [0.4, 0.5) is 5.69 Å². The van der Waals surface area contributed by atoms with Crippen molar-refractivity contribution in [3.63, 3.8) is 0 Å². The van der Waals surface area contributed by atoms with E-state index < -0.39 is 11.2 Å². The Morgan fingerprint density at radius 1 is 1.12 bits per heavy atom. The molecule has 0 aliphatic carbocycles. The molecule has 182 valence electrons. The van der Waals surface area contributed by atoms with E-state index in [9.17, 15) is 14.1 Å². The molecule has 2 aliphatic heterocycles. The van der Waals surface area contributed by atoms with Gasteiger partial charge in [-0.25, -0.2) is 4.21 Å². The Morgan fingerprint density at radius 2 is 1.82 bits per heavy atom. The zero-order chi connectivity index (χ0) is 24.5. The van der Waals surface area contributed by atoms with Gasteiger partial charge in [-0.1, -0.05) is 26.8 Å². The number of phenols is 1. The number of aromatic hydroxyl groups is 1. The molecule has 2 aliphatic rings. The summed E-state index contributed by atoms with van der Waals surface area (Å²) in [6.07, 6.45) is 3.05. The van der Waals surface area contributed by atoms with E-state index in [2.05, 4.69) is 59.3 Å². The summed E-state index contributed by atoms with van der Waals surface area (Å²) in [4.78, 5) is 17.1. The average Bonchev–Trinajstić information content (AvgIpc) is 3.37. The standard InChI is InChI=1S/C24H31N5O3S2/c1-15-11-12-18(33-15)20(24(2,3)4)26-22-21(27-34(32)28-22)25-17-10-8-9-16(19(17)30)23(31)29-13-6-5-7-14-29/h8-12,20,30H,5-7,13-14H2,1-4H3,(H,25,27)(H,26,28). The monoisotopic (exact) mass is 501 g/mol. The first-order valence-electron chi connectivity index (χ1n) is 11.4. The molecule has 1 amide bonds. The van der Waals surface area contributed by atoms with Crippen molar-refractivity contribution >= 4 is 45.8 Å². The van der Waals surface area contributed by atoms with Gasteiger partial charge in [0.15, 0.2) is 17.4 Å². The van der Waals surface area contributed by atoms with Crippen molar-refractivity contribution < 1.29 is 14.1 Å². The number of likely N-dealkylation sites (tertiary alicyclic amines) is 1. The van der Waals surface area contributed by atoms with E-state index in [0.29, 0.717) is 24.6 Å². The van der Waals surface area contributed by atoms with E-state index in [1.54, 1.807) is 34.4 Å². The minimum Gasteiger partial charge on any atom is -0.505 e. The van der Waals surface area contributed by atoms with Crippen molar-refractivity contribution in [2.45, 2.75) is 53.0 Å². The van der Waals surface area contributed by atoms with Gasteiger partial charge >= 0.3 is 0 Å². The van der Waals surface area contributed by atoms with Gasteiger partial charge in [0.05, 0.1) is 17.3 Å². The number of rotatable bonds is 4. The number of amidine groups is 2. The number of anilines is 1. The Morgan fingerprint density at radius 3 is 2.47 bits per heavy atom. The second kappa shape index (κ2) is 9.87. The molecule has 2 aromatic rings. The van der Waals surface area contributed by atoms with E-state index in [4.69, 9.17) is 0 Å². The molecule has 2 unspecified atom stereocenters. The molecule has 2 atom stereocenters. The second-order valence-corrected chi connectivity index (χ2v) is 11.8. The van der Waals surface area contributed by atoms with Crippen LogP contribution in [0.3, 0.4) is 0 Å². The molecule has 10 heteroatoms. The zero-order valence-corrected chi connectivity index (χ0v) is 21.6. The van der Waals surface area contributed by atoms with Crippen LogP contribution in [0.2, 0.25) is 0 Å². The normalized spacial score (nSPS) is 19.4. The first-order valence-corrected chi connectivity index (χ1v) is 13.3. The lowest BCUT2D eigenvalue weighted by atomic mass is 9.85. The summed E-state index contributed by atoms with van der Waals surface area (Å²) < 4.78 is 20.5. The number of hydrogen-bond donors (Lipinski definition) is 3. The fraction of sp³-hybridized carbons (Fsp3) is 0.458. The molecule has 34 heavy (non-hydrogen) atoms. The van der Waals surface area contributed by atoms with Gasteiger partial charge in [-0.2, -0.15) is 0 Å². The highest BCUT2D eigenvalue weighted by Gasteiger charge is 2.32. The predicted octanol–water partition coefficient (Wildman–Crippen LogP) is 4.57. The number of aryl methyl sites for hydroxylation is 1. The summed E-state index contributed by atoms with van der Waals surface area (Å²) in [5.41, 5.74) is 0.395. The summed E-state index contributed by atoms with van der Waals surface area (Å²) in [5, 5.41) is 17.4. The topological polar surface area (TPSA) is 106 Å². The number of hydrogen-bond acceptors (Lipinski definition) is 6. The van der Waals surface area contributed by atoms with Crippen LogP contribution in [0, 0.1) is 12.3 Å². The summed E-state index contributed by atoms with van der Waals surface area (Å²) >= 11 is -0.0807. The molecule has 3 heterocycles. The predicted molar refractivity (Wildman–Crippen MR) is 139 cm³/mol. The number of thiophene rings is 1. The van der Waals surface area contributed by atoms with Gasteiger partial charge in [-0.3, -0.25) is 4.79 Å². The number of para-hydroxylation sites is 1. The van der Waals surface area contributed by atoms with Crippen molar-refractivity contribution in [1.29, 1.82) is 0 Å². The van der Waals surface area contributed by atoms with Crippen LogP contribution in [-0.4, -0.2) is 44.9 Å². The van der Waals surface area contributed by atoms with Crippen LogP contribution in [0.25, 0.3) is 0 Å². The van der Waals surface area contributed by atoms with Crippen LogP contribution in [-0.2, 0) is 11.2 Å².